The predicted octanol–water partition coefficient (Wildman–Crippen LogP) is 1.27. The molecule has 17 heavy (non-hydrogen) atoms. The maximum Gasteiger partial charge on any atom is 0.306 e. The minimum Gasteiger partial charge on any atom is -0.481 e. The van der Waals surface area contributed by atoms with Crippen molar-refractivity contribution in [1.82, 2.24) is 4.98 Å². The number of aromatic nitrogens is 1. The Kier molecular flexibility index (Phi) is 3.17. The molecule has 1 aromatic rings. The Labute approximate surface area is 100 Å². The minimum absolute atomic E-state index is 0.225. The van der Waals surface area contributed by atoms with E-state index in [0.717, 1.165) is 11.5 Å². The SMILES string of the molecule is Cc1ccc(N)c(N2CCC(C(=O)O)CC2)n1. The summed E-state index contributed by atoms with van der Waals surface area (Å²) in [4.78, 5) is 17.4. The van der Waals surface area contributed by atoms with Gasteiger partial charge in [0.15, 0.2) is 5.82 Å². The van der Waals surface area contributed by atoms with E-state index in [0.29, 0.717) is 31.6 Å². The molecule has 1 aromatic heterocycles. The molecule has 0 aliphatic carbocycles. The molecule has 0 aromatic carbocycles. The molecule has 0 radical (unpaired) electrons. The fourth-order valence-corrected chi connectivity index (χ4v) is 2.15. The van der Waals surface area contributed by atoms with Crippen LogP contribution in [0.2, 0.25) is 0 Å². The summed E-state index contributed by atoms with van der Waals surface area (Å²) in [6.07, 6.45) is 1.31. The highest BCUT2D eigenvalue weighted by atomic mass is 16.4. The fraction of sp³-hybridized carbons (Fsp3) is 0.500. The average molecular weight is 235 g/mol. The molecule has 0 saturated carbocycles. The maximum atomic E-state index is 10.9. The molecule has 0 bridgehead atoms. The molecular formula is C12H17N3O2. The second kappa shape index (κ2) is 4.61. The molecular weight excluding hydrogens is 218 g/mol. The Balaban J connectivity index is 2.10. The summed E-state index contributed by atoms with van der Waals surface area (Å²) in [5, 5.41) is 8.93. The topological polar surface area (TPSA) is 79.5 Å². The molecule has 0 atom stereocenters. The number of aryl methyl sites for hydroxylation is 1. The Bertz CT molecular complexity index is 426. The molecule has 0 amide bonds. The lowest BCUT2D eigenvalue weighted by atomic mass is 9.97. The summed E-state index contributed by atoms with van der Waals surface area (Å²) in [6, 6.07) is 3.73. The summed E-state index contributed by atoms with van der Waals surface area (Å²) in [7, 11) is 0. The van der Waals surface area contributed by atoms with Crippen LogP contribution in [0.4, 0.5) is 11.5 Å². The van der Waals surface area contributed by atoms with Crippen molar-refractivity contribution < 1.29 is 9.90 Å². The highest BCUT2D eigenvalue weighted by molar-refractivity contribution is 5.71. The first kappa shape index (κ1) is 11.7. The van der Waals surface area contributed by atoms with Gasteiger partial charge in [0.1, 0.15) is 0 Å². The van der Waals surface area contributed by atoms with E-state index >= 15 is 0 Å². The lowest BCUT2D eigenvalue weighted by Crippen LogP contribution is -2.37. The van der Waals surface area contributed by atoms with Gasteiger partial charge in [-0.05, 0) is 31.9 Å². The van der Waals surface area contributed by atoms with Crippen LogP contribution in [0.1, 0.15) is 18.5 Å². The maximum absolute atomic E-state index is 10.9. The predicted molar refractivity (Wildman–Crippen MR) is 66.0 cm³/mol. The zero-order valence-electron chi connectivity index (χ0n) is 9.89. The monoisotopic (exact) mass is 235 g/mol. The first-order chi connectivity index (χ1) is 8.08. The van der Waals surface area contributed by atoms with Crippen molar-refractivity contribution in [2.75, 3.05) is 23.7 Å². The van der Waals surface area contributed by atoms with Gasteiger partial charge in [-0.2, -0.15) is 0 Å². The molecule has 1 fully saturated rings. The zero-order chi connectivity index (χ0) is 12.4. The molecule has 0 spiro atoms. The highest BCUT2D eigenvalue weighted by Gasteiger charge is 2.25. The lowest BCUT2D eigenvalue weighted by molar-refractivity contribution is -0.142. The van der Waals surface area contributed by atoms with Crippen molar-refractivity contribution in [1.29, 1.82) is 0 Å². The Morgan fingerprint density at radius 2 is 2.12 bits per heavy atom. The summed E-state index contributed by atoms with van der Waals surface area (Å²) in [6.45, 7) is 3.34. The van der Waals surface area contributed by atoms with Crippen LogP contribution in [-0.4, -0.2) is 29.1 Å². The van der Waals surface area contributed by atoms with Crippen molar-refractivity contribution in [3.8, 4) is 0 Å². The number of anilines is 2. The highest BCUT2D eigenvalue weighted by Crippen LogP contribution is 2.26. The van der Waals surface area contributed by atoms with Crippen molar-refractivity contribution in [3.63, 3.8) is 0 Å². The van der Waals surface area contributed by atoms with Crippen LogP contribution >= 0.6 is 0 Å². The Morgan fingerprint density at radius 3 is 2.71 bits per heavy atom. The number of hydrogen-bond donors (Lipinski definition) is 2. The minimum atomic E-state index is -0.699. The van der Waals surface area contributed by atoms with E-state index in [4.69, 9.17) is 10.8 Å². The number of carboxylic acids is 1. The first-order valence-corrected chi connectivity index (χ1v) is 5.79. The van der Waals surface area contributed by atoms with Gasteiger partial charge in [0, 0.05) is 18.8 Å². The van der Waals surface area contributed by atoms with E-state index in [-0.39, 0.29) is 5.92 Å². The molecule has 3 N–H and O–H groups in total. The van der Waals surface area contributed by atoms with E-state index in [1.54, 1.807) is 0 Å². The first-order valence-electron chi connectivity index (χ1n) is 5.79. The van der Waals surface area contributed by atoms with E-state index in [9.17, 15) is 4.79 Å². The number of hydrogen-bond acceptors (Lipinski definition) is 4. The van der Waals surface area contributed by atoms with E-state index in [1.165, 1.54) is 0 Å². The number of rotatable bonds is 2. The van der Waals surface area contributed by atoms with Gasteiger partial charge in [0.25, 0.3) is 0 Å². The molecule has 1 aliphatic rings. The van der Waals surface area contributed by atoms with Crippen LogP contribution in [0.25, 0.3) is 0 Å². The second-order valence-electron chi connectivity index (χ2n) is 4.47. The van der Waals surface area contributed by atoms with E-state index in [2.05, 4.69) is 9.88 Å². The molecule has 5 heteroatoms. The average Bonchev–Trinajstić information content (AvgIpc) is 2.32. The molecule has 5 nitrogen and oxygen atoms in total. The third kappa shape index (κ3) is 2.49. The van der Waals surface area contributed by atoms with Crippen molar-refractivity contribution in [2.45, 2.75) is 19.8 Å². The van der Waals surface area contributed by atoms with E-state index < -0.39 is 5.97 Å². The number of piperidine rings is 1. The fourth-order valence-electron chi connectivity index (χ4n) is 2.15. The summed E-state index contributed by atoms with van der Waals surface area (Å²) < 4.78 is 0. The Hall–Kier alpha value is -1.78. The van der Waals surface area contributed by atoms with E-state index in [1.807, 2.05) is 19.1 Å². The van der Waals surface area contributed by atoms with Crippen LogP contribution in [-0.2, 0) is 4.79 Å². The smallest absolute Gasteiger partial charge is 0.306 e. The summed E-state index contributed by atoms with van der Waals surface area (Å²) >= 11 is 0. The number of nitrogens with zero attached hydrogens (tertiary/aromatic N) is 2. The third-order valence-corrected chi connectivity index (χ3v) is 3.19. The van der Waals surface area contributed by atoms with Crippen LogP contribution in [0, 0.1) is 12.8 Å². The molecule has 92 valence electrons. The normalized spacial score (nSPS) is 17.1. The van der Waals surface area contributed by atoms with Gasteiger partial charge >= 0.3 is 5.97 Å². The van der Waals surface area contributed by atoms with Gasteiger partial charge in [0.2, 0.25) is 0 Å². The van der Waals surface area contributed by atoms with Gasteiger partial charge in [-0.15, -0.1) is 0 Å². The lowest BCUT2D eigenvalue weighted by Gasteiger charge is -2.31. The number of carboxylic acid groups (broad SMARTS) is 1. The van der Waals surface area contributed by atoms with Crippen LogP contribution in [0.15, 0.2) is 12.1 Å². The Morgan fingerprint density at radius 1 is 1.47 bits per heavy atom. The number of aliphatic carboxylic acids is 1. The molecule has 1 saturated heterocycles. The number of pyridine rings is 1. The van der Waals surface area contributed by atoms with Crippen molar-refractivity contribution in [3.05, 3.63) is 17.8 Å². The molecule has 1 aliphatic heterocycles. The zero-order valence-corrected chi connectivity index (χ0v) is 9.89. The van der Waals surface area contributed by atoms with Crippen LogP contribution in [0.5, 0.6) is 0 Å². The third-order valence-electron chi connectivity index (χ3n) is 3.19. The molecule has 2 rings (SSSR count). The largest absolute Gasteiger partial charge is 0.481 e. The quantitative estimate of drug-likeness (QED) is 0.807. The van der Waals surface area contributed by atoms with Crippen LogP contribution < -0.4 is 10.6 Å². The van der Waals surface area contributed by atoms with Gasteiger partial charge in [-0.1, -0.05) is 0 Å². The van der Waals surface area contributed by atoms with Crippen molar-refractivity contribution >= 4 is 17.5 Å². The second-order valence-corrected chi connectivity index (χ2v) is 4.47. The number of nitrogen functional groups attached to an aromatic ring is 1. The standard InChI is InChI=1S/C12H17N3O2/c1-8-2-3-10(13)11(14-8)15-6-4-9(5-7-15)12(16)17/h2-3,9H,4-7,13H2,1H3,(H,16,17). The van der Waals surface area contributed by atoms with Gasteiger partial charge < -0.3 is 15.7 Å². The van der Waals surface area contributed by atoms with Gasteiger partial charge in [0.05, 0.1) is 11.6 Å². The van der Waals surface area contributed by atoms with Crippen LogP contribution in [0.3, 0.4) is 0 Å². The number of nitrogens with two attached hydrogens (primary N) is 1. The number of carbonyl (C=O) groups is 1. The summed E-state index contributed by atoms with van der Waals surface area (Å²) in [5.74, 6) is -0.138. The molecule has 2 heterocycles. The molecule has 0 unspecified atom stereocenters. The summed E-state index contributed by atoms with van der Waals surface area (Å²) in [5.41, 5.74) is 7.48. The van der Waals surface area contributed by atoms with Gasteiger partial charge in [-0.3, -0.25) is 4.79 Å². The van der Waals surface area contributed by atoms with Crippen molar-refractivity contribution in [2.24, 2.45) is 5.92 Å². The van der Waals surface area contributed by atoms with Gasteiger partial charge in [-0.25, -0.2) is 4.98 Å².